The van der Waals surface area contributed by atoms with Crippen molar-refractivity contribution in [1.29, 1.82) is 0 Å². The molecule has 0 saturated carbocycles. The highest BCUT2D eigenvalue weighted by Gasteiger charge is 2.14. The lowest BCUT2D eigenvalue weighted by Crippen LogP contribution is -2.50. The summed E-state index contributed by atoms with van der Waals surface area (Å²) in [6.07, 6.45) is 1.20. The predicted octanol–water partition coefficient (Wildman–Crippen LogP) is -0.691. The van der Waals surface area contributed by atoms with Gasteiger partial charge in [0.2, 0.25) is 0 Å². The van der Waals surface area contributed by atoms with Gasteiger partial charge < -0.3 is 5.32 Å². The molecule has 1 saturated heterocycles. The molecule has 1 aliphatic rings. The predicted molar refractivity (Wildman–Crippen MR) is 45.9 cm³/mol. The second-order valence-electron chi connectivity index (χ2n) is 2.94. The number of rotatable bonds is 2. The lowest BCUT2D eigenvalue weighted by molar-refractivity contribution is 0.119. The van der Waals surface area contributed by atoms with Crippen LogP contribution in [0.25, 0.3) is 0 Å². The van der Waals surface area contributed by atoms with Crippen LogP contribution in [0, 0.1) is 0 Å². The van der Waals surface area contributed by atoms with E-state index in [0.717, 1.165) is 19.6 Å². The van der Waals surface area contributed by atoms with Crippen molar-refractivity contribution in [3.05, 3.63) is 0 Å². The van der Waals surface area contributed by atoms with E-state index >= 15 is 0 Å². The van der Waals surface area contributed by atoms with Gasteiger partial charge in [0.25, 0.3) is 0 Å². The Bertz CT molecular complexity index is 107. The minimum absolute atomic E-state index is 0.609. The molecule has 0 aliphatic carbocycles. The Morgan fingerprint density at radius 2 is 2.27 bits per heavy atom. The van der Waals surface area contributed by atoms with Gasteiger partial charge in [-0.15, -0.1) is 0 Å². The largest absolute Gasteiger partial charge is 0.315 e. The SMILES string of the molecule is CNNN1CCNCCC1C. The van der Waals surface area contributed by atoms with Gasteiger partial charge in [0.15, 0.2) is 0 Å². The molecule has 66 valence electrons. The minimum atomic E-state index is 0.609. The van der Waals surface area contributed by atoms with Crippen LogP contribution < -0.4 is 16.3 Å². The molecule has 1 rings (SSSR count). The molecular weight excluding hydrogens is 140 g/mol. The van der Waals surface area contributed by atoms with E-state index in [-0.39, 0.29) is 0 Å². The smallest absolute Gasteiger partial charge is 0.0272 e. The first-order valence-corrected chi connectivity index (χ1v) is 4.24. The monoisotopic (exact) mass is 158 g/mol. The van der Waals surface area contributed by atoms with Gasteiger partial charge in [-0.2, -0.15) is 5.53 Å². The van der Waals surface area contributed by atoms with Gasteiger partial charge in [0.05, 0.1) is 0 Å². The average Bonchev–Trinajstić information content (AvgIpc) is 2.18. The first kappa shape index (κ1) is 8.93. The molecule has 0 radical (unpaired) electrons. The standard InChI is InChI=1S/C7H18N4/c1-7-3-4-9-5-6-11(7)10-8-2/h7-10H,3-6H2,1-2H3. The minimum Gasteiger partial charge on any atom is -0.315 e. The van der Waals surface area contributed by atoms with Crippen LogP contribution in [0.15, 0.2) is 0 Å². The maximum Gasteiger partial charge on any atom is 0.0272 e. The molecular formula is C7H18N4. The van der Waals surface area contributed by atoms with Crippen LogP contribution in [0.3, 0.4) is 0 Å². The summed E-state index contributed by atoms with van der Waals surface area (Å²) in [6, 6.07) is 0.609. The van der Waals surface area contributed by atoms with Gasteiger partial charge in [0, 0.05) is 19.1 Å². The maximum atomic E-state index is 3.36. The Labute approximate surface area is 68.3 Å². The lowest BCUT2D eigenvalue weighted by Gasteiger charge is -2.26. The molecule has 0 aromatic heterocycles. The van der Waals surface area contributed by atoms with E-state index in [1.807, 2.05) is 7.05 Å². The van der Waals surface area contributed by atoms with Crippen LogP contribution in [-0.4, -0.2) is 37.7 Å². The molecule has 11 heavy (non-hydrogen) atoms. The highest BCUT2D eigenvalue weighted by atomic mass is 15.7. The van der Waals surface area contributed by atoms with Crippen LogP contribution in [0.4, 0.5) is 0 Å². The number of nitrogens with one attached hydrogen (secondary N) is 3. The summed E-state index contributed by atoms with van der Waals surface area (Å²) >= 11 is 0. The fourth-order valence-electron chi connectivity index (χ4n) is 1.32. The van der Waals surface area contributed by atoms with Gasteiger partial charge in [-0.25, -0.2) is 10.4 Å². The molecule has 0 aromatic rings. The first-order chi connectivity index (χ1) is 5.34. The third-order valence-corrected chi connectivity index (χ3v) is 2.06. The molecule has 0 spiro atoms. The van der Waals surface area contributed by atoms with Gasteiger partial charge in [-0.3, -0.25) is 0 Å². The summed E-state index contributed by atoms with van der Waals surface area (Å²) in [7, 11) is 1.89. The fraction of sp³-hybridized carbons (Fsp3) is 1.00. The van der Waals surface area contributed by atoms with Crippen molar-refractivity contribution in [3.8, 4) is 0 Å². The molecule has 3 N–H and O–H groups in total. The Kier molecular flexibility index (Phi) is 3.79. The Hall–Kier alpha value is -0.160. The zero-order valence-electron chi connectivity index (χ0n) is 7.35. The topological polar surface area (TPSA) is 39.3 Å². The molecule has 4 heteroatoms. The summed E-state index contributed by atoms with van der Waals surface area (Å²) < 4.78 is 0. The lowest BCUT2D eigenvalue weighted by atomic mass is 10.2. The van der Waals surface area contributed by atoms with Crippen molar-refractivity contribution in [1.82, 2.24) is 21.3 Å². The number of hydrogen-bond acceptors (Lipinski definition) is 4. The molecule has 1 heterocycles. The Morgan fingerprint density at radius 1 is 1.45 bits per heavy atom. The van der Waals surface area contributed by atoms with E-state index in [2.05, 4.69) is 28.2 Å². The normalized spacial score (nSPS) is 28.4. The zero-order valence-corrected chi connectivity index (χ0v) is 7.35. The van der Waals surface area contributed by atoms with Gasteiger partial charge in [-0.1, -0.05) is 0 Å². The number of hydrogen-bond donors (Lipinski definition) is 3. The number of hydrazine groups is 2. The fourth-order valence-corrected chi connectivity index (χ4v) is 1.32. The molecule has 1 fully saturated rings. The number of nitrogens with zero attached hydrogens (tertiary/aromatic N) is 1. The summed E-state index contributed by atoms with van der Waals surface area (Å²) in [4.78, 5) is 0. The molecule has 0 bridgehead atoms. The van der Waals surface area contributed by atoms with Crippen LogP contribution in [0.1, 0.15) is 13.3 Å². The van der Waals surface area contributed by atoms with E-state index in [0.29, 0.717) is 6.04 Å². The zero-order chi connectivity index (χ0) is 8.10. The van der Waals surface area contributed by atoms with Crippen LogP contribution in [0.5, 0.6) is 0 Å². The van der Waals surface area contributed by atoms with Crippen LogP contribution >= 0.6 is 0 Å². The molecule has 0 aromatic carbocycles. The van der Waals surface area contributed by atoms with E-state index in [1.54, 1.807) is 0 Å². The quantitative estimate of drug-likeness (QED) is 0.465. The summed E-state index contributed by atoms with van der Waals surface area (Å²) in [5, 5.41) is 5.58. The summed E-state index contributed by atoms with van der Waals surface area (Å²) in [5.41, 5.74) is 6.06. The van der Waals surface area contributed by atoms with Crippen molar-refractivity contribution in [2.75, 3.05) is 26.7 Å². The van der Waals surface area contributed by atoms with E-state index in [1.165, 1.54) is 6.42 Å². The summed E-state index contributed by atoms with van der Waals surface area (Å²) in [6.45, 7) is 5.49. The molecule has 1 atom stereocenters. The van der Waals surface area contributed by atoms with Crippen molar-refractivity contribution in [3.63, 3.8) is 0 Å². The van der Waals surface area contributed by atoms with E-state index < -0.39 is 0 Å². The highest BCUT2D eigenvalue weighted by Crippen LogP contribution is 2.00. The van der Waals surface area contributed by atoms with Gasteiger partial charge >= 0.3 is 0 Å². The van der Waals surface area contributed by atoms with Crippen molar-refractivity contribution >= 4 is 0 Å². The van der Waals surface area contributed by atoms with E-state index in [9.17, 15) is 0 Å². The van der Waals surface area contributed by atoms with Gasteiger partial charge in [-0.05, 0) is 26.9 Å². The van der Waals surface area contributed by atoms with Crippen molar-refractivity contribution in [2.24, 2.45) is 0 Å². The second kappa shape index (κ2) is 4.66. The Balaban J connectivity index is 2.32. The maximum absolute atomic E-state index is 3.36. The van der Waals surface area contributed by atoms with E-state index in [4.69, 9.17) is 0 Å². The Morgan fingerprint density at radius 3 is 3.00 bits per heavy atom. The summed E-state index contributed by atoms with van der Waals surface area (Å²) in [5.74, 6) is 0. The van der Waals surface area contributed by atoms with Crippen molar-refractivity contribution < 1.29 is 0 Å². The van der Waals surface area contributed by atoms with Crippen LogP contribution in [-0.2, 0) is 0 Å². The van der Waals surface area contributed by atoms with Crippen LogP contribution in [0.2, 0.25) is 0 Å². The van der Waals surface area contributed by atoms with Gasteiger partial charge in [0.1, 0.15) is 0 Å². The molecule has 1 aliphatic heterocycles. The third kappa shape index (κ3) is 2.75. The first-order valence-electron chi connectivity index (χ1n) is 4.24. The second-order valence-corrected chi connectivity index (χ2v) is 2.94. The third-order valence-electron chi connectivity index (χ3n) is 2.06. The molecule has 1 unspecified atom stereocenters. The molecule has 4 nitrogen and oxygen atoms in total. The molecule has 0 amide bonds. The van der Waals surface area contributed by atoms with Crippen molar-refractivity contribution in [2.45, 2.75) is 19.4 Å². The average molecular weight is 158 g/mol. The highest BCUT2D eigenvalue weighted by molar-refractivity contribution is 4.69.